The molecule has 0 radical (unpaired) electrons. The third-order valence-corrected chi connectivity index (χ3v) is 4.52. The highest BCUT2D eigenvalue weighted by Crippen LogP contribution is 2.51. The largest absolute Gasteiger partial charge is 0.495 e. The molecule has 1 saturated carbocycles. The Morgan fingerprint density at radius 3 is 2.72 bits per heavy atom. The molecular weight excluding hydrogens is 298 g/mol. The second-order valence-electron chi connectivity index (χ2n) is 4.87. The number of benzene rings is 1. The number of hydrogen-bond acceptors (Lipinski definition) is 4. The summed E-state index contributed by atoms with van der Waals surface area (Å²) in [5.74, 6) is 2.22. The first-order valence-corrected chi connectivity index (χ1v) is 6.90. The highest BCUT2D eigenvalue weighted by atomic mass is 79.9. The predicted molar refractivity (Wildman–Crippen MR) is 71.2 cm³/mol. The van der Waals surface area contributed by atoms with Crippen LogP contribution in [0.2, 0.25) is 0 Å². The fourth-order valence-corrected chi connectivity index (χ4v) is 3.52. The van der Waals surface area contributed by atoms with Gasteiger partial charge in [-0.2, -0.15) is 0 Å². The normalized spacial score (nSPS) is 20.2. The van der Waals surface area contributed by atoms with Gasteiger partial charge >= 0.3 is 0 Å². The molecule has 1 heterocycles. The molecule has 1 aliphatic heterocycles. The Bertz CT molecular complexity index is 484. The summed E-state index contributed by atoms with van der Waals surface area (Å²) in [6.07, 6.45) is 4.28. The van der Waals surface area contributed by atoms with Crippen LogP contribution in [0.5, 0.6) is 17.2 Å². The van der Waals surface area contributed by atoms with Gasteiger partial charge in [0.25, 0.3) is 0 Å². The molecule has 1 aromatic rings. The molecule has 0 saturated heterocycles. The highest BCUT2D eigenvalue weighted by Gasteiger charge is 2.37. The Labute approximate surface area is 115 Å². The van der Waals surface area contributed by atoms with Gasteiger partial charge in [-0.1, -0.05) is 12.8 Å². The van der Waals surface area contributed by atoms with Gasteiger partial charge in [0.2, 0.25) is 6.79 Å². The number of hydrogen-bond donors (Lipinski definition) is 1. The van der Waals surface area contributed by atoms with Crippen LogP contribution >= 0.6 is 15.9 Å². The number of nitrogens with two attached hydrogens (primary N) is 1. The maximum atomic E-state index is 6.52. The Morgan fingerprint density at radius 1 is 1.33 bits per heavy atom. The minimum absolute atomic E-state index is 0.248. The average molecular weight is 314 g/mol. The van der Waals surface area contributed by atoms with Crippen LogP contribution in [0.25, 0.3) is 0 Å². The molecule has 18 heavy (non-hydrogen) atoms. The minimum atomic E-state index is -0.311. The lowest BCUT2D eigenvalue weighted by atomic mass is 9.88. The Hall–Kier alpha value is -0.940. The summed E-state index contributed by atoms with van der Waals surface area (Å²) >= 11 is 3.53. The zero-order valence-electron chi connectivity index (χ0n) is 10.3. The van der Waals surface area contributed by atoms with Crippen LogP contribution in [0.3, 0.4) is 0 Å². The lowest BCUT2D eigenvalue weighted by Crippen LogP contribution is -2.33. The molecule has 0 amide bonds. The van der Waals surface area contributed by atoms with E-state index < -0.39 is 0 Å². The Balaban J connectivity index is 2.16. The molecule has 0 aromatic heterocycles. The molecule has 1 aliphatic carbocycles. The van der Waals surface area contributed by atoms with Crippen LogP contribution in [0, 0.1) is 0 Å². The summed E-state index contributed by atoms with van der Waals surface area (Å²) in [6, 6.07) is 1.97. The minimum Gasteiger partial charge on any atom is -0.495 e. The van der Waals surface area contributed by atoms with Gasteiger partial charge in [0.15, 0.2) is 11.5 Å². The van der Waals surface area contributed by atoms with Gasteiger partial charge in [0.1, 0.15) is 10.2 Å². The van der Waals surface area contributed by atoms with Crippen molar-refractivity contribution in [2.45, 2.75) is 31.2 Å². The van der Waals surface area contributed by atoms with E-state index in [1.165, 1.54) is 0 Å². The summed E-state index contributed by atoms with van der Waals surface area (Å²) in [4.78, 5) is 0. The van der Waals surface area contributed by atoms with Crippen molar-refractivity contribution in [2.24, 2.45) is 5.73 Å². The first-order valence-electron chi connectivity index (χ1n) is 6.11. The summed E-state index contributed by atoms with van der Waals surface area (Å²) in [5.41, 5.74) is 7.22. The van der Waals surface area contributed by atoms with E-state index in [0.717, 1.165) is 47.2 Å². The van der Waals surface area contributed by atoms with E-state index in [0.29, 0.717) is 5.75 Å². The zero-order chi connectivity index (χ0) is 12.8. The van der Waals surface area contributed by atoms with E-state index in [2.05, 4.69) is 15.9 Å². The molecule has 0 spiro atoms. The Kier molecular flexibility index (Phi) is 2.90. The molecule has 4 nitrogen and oxygen atoms in total. The van der Waals surface area contributed by atoms with Gasteiger partial charge < -0.3 is 19.9 Å². The summed E-state index contributed by atoms with van der Waals surface area (Å²) in [6.45, 7) is 0.248. The van der Waals surface area contributed by atoms with Crippen molar-refractivity contribution in [1.29, 1.82) is 0 Å². The van der Waals surface area contributed by atoms with E-state index in [1.807, 2.05) is 6.07 Å². The van der Waals surface area contributed by atoms with Gasteiger partial charge in [0, 0.05) is 11.1 Å². The van der Waals surface area contributed by atoms with Crippen LogP contribution in [-0.4, -0.2) is 13.9 Å². The fraction of sp³-hybridized carbons (Fsp3) is 0.538. The first kappa shape index (κ1) is 12.1. The smallest absolute Gasteiger partial charge is 0.231 e. The molecular formula is C13H16BrNO3. The molecule has 1 fully saturated rings. The summed E-state index contributed by atoms with van der Waals surface area (Å²) < 4.78 is 17.2. The lowest BCUT2D eigenvalue weighted by Gasteiger charge is -2.27. The molecule has 3 rings (SSSR count). The SMILES string of the molecule is COc1c(C2(N)CCCC2)cc2c(c1Br)OCO2. The lowest BCUT2D eigenvalue weighted by molar-refractivity contribution is 0.173. The maximum Gasteiger partial charge on any atom is 0.231 e. The molecule has 0 atom stereocenters. The molecule has 2 N–H and O–H groups in total. The molecule has 0 unspecified atom stereocenters. The monoisotopic (exact) mass is 313 g/mol. The molecule has 1 aromatic carbocycles. The van der Waals surface area contributed by atoms with Gasteiger partial charge in [0.05, 0.1) is 7.11 Å². The van der Waals surface area contributed by atoms with Crippen LogP contribution < -0.4 is 19.9 Å². The number of ether oxygens (including phenoxy) is 3. The number of rotatable bonds is 2. The number of methoxy groups -OCH3 is 1. The topological polar surface area (TPSA) is 53.7 Å². The van der Waals surface area contributed by atoms with Crippen LogP contribution in [0.15, 0.2) is 10.5 Å². The summed E-state index contributed by atoms with van der Waals surface area (Å²) in [5, 5.41) is 0. The second-order valence-corrected chi connectivity index (χ2v) is 5.66. The van der Waals surface area contributed by atoms with Crippen LogP contribution in [0.1, 0.15) is 31.2 Å². The first-order chi connectivity index (χ1) is 8.65. The maximum absolute atomic E-state index is 6.52. The van der Waals surface area contributed by atoms with Gasteiger partial charge in [-0.3, -0.25) is 0 Å². The Morgan fingerprint density at radius 2 is 2.06 bits per heavy atom. The fourth-order valence-electron chi connectivity index (χ4n) is 2.83. The van der Waals surface area contributed by atoms with Crippen molar-refractivity contribution in [1.82, 2.24) is 0 Å². The number of fused-ring (bicyclic) bond motifs is 1. The van der Waals surface area contributed by atoms with Gasteiger partial charge in [-0.25, -0.2) is 0 Å². The second kappa shape index (κ2) is 4.31. The van der Waals surface area contributed by atoms with Crippen molar-refractivity contribution in [3.05, 3.63) is 16.1 Å². The van der Waals surface area contributed by atoms with Crippen LogP contribution in [-0.2, 0) is 5.54 Å². The highest BCUT2D eigenvalue weighted by molar-refractivity contribution is 9.10. The average Bonchev–Trinajstić information content (AvgIpc) is 2.98. The third kappa shape index (κ3) is 1.68. The van der Waals surface area contributed by atoms with Crippen LogP contribution in [0.4, 0.5) is 0 Å². The van der Waals surface area contributed by atoms with Crippen molar-refractivity contribution in [2.75, 3.05) is 13.9 Å². The van der Waals surface area contributed by atoms with E-state index in [4.69, 9.17) is 19.9 Å². The third-order valence-electron chi connectivity index (χ3n) is 3.80. The number of halogens is 1. The van der Waals surface area contributed by atoms with Crippen molar-refractivity contribution < 1.29 is 14.2 Å². The standard InChI is InChI=1S/C13H16BrNO3/c1-16-11-8(13(15)4-2-3-5-13)6-9-12(10(11)14)18-7-17-9/h6H,2-5,7,15H2,1H3. The zero-order valence-corrected chi connectivity index (χ0v) is 11.9. The van der Waals surface area contributed by atoms with E-state index in [-0.39, 0.29) is 12.3 Å². The summed E-state index contributed by atoms with van der Waals surface area (Å²) in [7, 11) is 1.66. The molecule has 2 aliphatic rings. The van der Waals surface area contributed by atoms with Gasteiger partial charge in [-0.15, -0.1) is 0 Å². The molecule has 0 bridgehead atoms. The van der Waals surface area contributed by atoms with E-state index in [1.54, 1.807) is 7.11 Å². The molecule has 5 heteroatoms. The van der Waals surface area contributed by atoms with Crippen molar-refractivity contribution in [3.63, 3.8) is 0 Å². The van der Waals surface area contributed by atoms with Crippen molar-refractivity contribution in [3.8, 4) is 17.2 Å². The quantitative estimate of drug-likeness (QED) is 0.912. The predicted octanol–water partition coefficient (Wildman–Crippen LogP) is 2.91. The van der Waals surface area contributed by atoms with E-state index in [9.17, 15) is 0 Å². The molecule has 98 valence electrons. The van der Waals surface area contributed by atoms with E-state index >= 15 is 0 Å². The van der Waals surface area contributed by atoms with Crippen molar-refractivity contribution >= 4 is 15.9 Å². The van der Waals surface area contributed by atoms with Gasteiger partial charge in [-0.05, 0) is 34.8 Å².